The molecule has 0 saturated carbocycles. The van der Waals surface area contributed by atoms with E-state index in [-0.39, 0.29) is 0 Å². The van der Waals surface area contributed by atoms with E-state index in [4.69, 9.17) is 5.73 Å². The van der Waals surface area contributed by atoms with Gasteiger partial charge >= 0.3 is 6.03 Å². The molecule has 0 heterocycles. The lowest BCUT2D eigenvalue weighted by Crippen LogP contribution is -2.24. The molecule has 0 radical (unpaired) electrons. The predicted molar refractivity (Wildman–Crippen MR) is 40.6 cm³/mol. The normalized spacial score (nSPS) is 9.40. The molecular weight excluding hydrogens is 130 g/mol. The summed E-state index contributed by atoms with van der Waals surface area (Å²) in [6, 6.07) is -0.654. The van der Waals surface area contributed by atoms with E-state index in [2.05, 4.69) is 10.5 Å². The molecule has 0 rings (SSSR count). The Labute approximate surface area is 59.8 Å². The number of hydrogen-bond donors (Lipinski definition) is 2. The topological polar surface area (TPSA) is 67.5 Å². The van der Waals surface area contributed by atoms with Crippen molar-refractivity contribution in [1.82, 2.24) is 5.43 Å². The van der Waals surface area contributed by atoms with Gasteiger partial charge in [-0.2, -0.15) is 5.10 Å². The second-order valence-corrected chi connectivity index (χ2v) is 2.00. The Balaban J connectivity index is 3.58. The molecule has 0 aliphatic carbocycles. The first-order valence-electron chi connectivity index (χ1n) is 2.85. The number of rotatable bonds is 2. The number of nitrogens with one attached hydrogen (secondary N) is 1. The Morgan fingerprint density at radius 3 is 2.60 bits per heavy atom. The van der Waals surface area contributed by atoms with Gasteiger partial charge in [-0.25, -0.2) is 10.2 Å². The van der Waals surface area contributed by atoms with Crippen molar-refractivity contribution in [2.24, 2.45) is 10.8 Å². The van der Waals surface area contributed by atoms with E-state index in [1.807, 2.05) is 13.8 Å². The van der Waals surface area contributed by atoms with Crippen molar-refractivity contribution in [1.29, 1.82) is 0 Å². The minimum atomic E-state index is -0.654. The van der Waals surface area contributed by atoms with Crippen LogP contribution in [0.3, 0.4) is 0 Å². The van der Waals surface area contributed by atoms with Gasteiger partial charge in [-0.1, -0.05) is 5.57 Å². The number of amides is 2. The third-order valence-corrected chi connectivity index (χ3v) is 0.657. The fourth-order valence-electron chi connectivity index (χ4n) is 0.287. The predicted octanol–water partition coefficient (Wildman–Crippen LogP) is 0.607. The Morgan fingerprint density at radius 1 is 1.60 bits per heavy atom. The maximum absolute atomic E-state index is 10.0. The van der Waals surface area contributed by atoms with E-state index < -0.39 is 6.03 Å². The highest BCUT2D eigenvalue weighted by molar-refractivity contribution is 5.76. The molecule has 0 atom stereocenters. The average Bonchev–Trinajstić information content (AvgIpc) is 1.79. The molecule has 0 aromatic carbocycles. The summed E-state index contributed by atoms with van der Waals surface area (Å²) in [7, 11) is 0. The first-order chi connectivity index (χ1) is 4.63. The number of carbonyl (C=O) groups is 1. The Hall–Kier alpha value is -1.32. The van der Waals surface area contributed by atoms with Gasteiger partial charge in [0.05, 0.1) is 0 Å². The van der Waals surface area contributed by atoms with E-state index in [9.17, 15) is 4.79 Å². The van der Waals surface area contributed by atoms with Gasteiger partial charge < -0.3 is 5.73 Å². The molecule has 0 aliphatic heterocycles. The number of allylic oxidation sites excluding steroid dienone is 2. The molecule has 0 spiro atoms. The molecule has 3 N–H and O–H groups in total. The molecule has 0 saturated heterocycles. The zero-order valence-corrected chi connectivity index (χ0v) is 6.09. The first-order valence-corrected chi connectivity index (χ1v) is 2.85. The Morgan fingerprint density at radius 2 is 2.20 bits per heavy atom. The smallest absolute Gasteiger partial charge is 0.332 e. The molecule has 10 heavy (non-hydrogen) atoms. The number of urea groups is 1. The highest BCUT2D eigenvalue weighted by atomic mass is 16.2. The lowest BCUT2D eigenvalue weighted by atomic mass is 10.3. The maximum Gasteiger partial charge on any atom is 0.332 e. The molecule has 0 unspecified atom stereocenters. The third kappa shape index (κ3) is 6.68. The summed E-state index contributed by atoms with van der Waals surface area (Å²) >= 11 is 0. The van der Waals surface area contributed by atoms with Gasteiger partial charge in [0.15, 0.2) is 0 Å². The number of carbonyl (C=O) groups excluding carboxylic acids is 1. The van der Waals surface area contributed by atoms with Crippen LogP contribution in [0.5, 0.6) is 0 Å². The van der Waals surface area contributed by atoms with Crippen molar-refractivity contribution in [3.63, 3.8) is 0 Å². The Bertz CT molecular complexity index is 168. The first kappa shape index (κ1) is 8.68. The van der Waals surface area contributed by atoms with Crippen LogP contribution in [-0.2, 0) is 0 Å². The van der Waals surface area contributed by atoms with Gasteiger partial charge in [-0.05, 0) is 19.9 Å². The number of nitrogens with zero attached hydrogens (tertiary/aromatic N) is 1. The van der Waals surface area contributed by atoms with Crippen LogP contribution in [0.25, 0.3) is 0 Å². The Kier molecular flexibility index (Phi) is 3.95. The maximum atomic E-state index is 10.0. The van der Waals surface area contributed by atoms with Crippen LogP contribution < -0.4 is 11.2 Å². The van der Waals surface area contributed by atoms with E-state index in [1.165, 1.54) is 6.21 Å². The summed E-state index contributed by atoms with van der Waals surface area (Å²) in [4.78, 5) is 10.0. The van der Waals surface area contributed by atoms with Gasteiger partial charge in [0.1, 0.15) is 0 Å². The van der Waals surface area contributed by atoms with Gasteiger partial charge in [0.25, 0.3) is 0 Å². The molecule has 4 nitrogen and oxygen atoms in total. The second-order valence-electron chi connectivity index (χ2n) is 2.00. The highest BCUT2D eigenvalue weighted by Gasteiger charge is 1.80. The largest absolute Gasteiger partial charge is 0.350 e. The summed E-state index contributed by atoms with van der Waals surface area (Å²) < 4.78 is 0. The lowest BCUT2D eigenvalue weighted by molar-refractivity contribution is 0.249. The molecule has 0 fully saturated rings. The van der Waals surface area contributed by atoms with Gasteiger partial charge in [0.2, 0.25) is 0 Å². The van der Waals surface area contributed by atoms with Gasteiger partial charge in [0, 0.05) is 6.21 Å². The molecular formula is C6H11N3O. The number of nitrogens with two attached hydrogens (primary N) is 1. The zero-order chi connectivity index (χ0) is 7.98. The molecule has 0 aliphatic rings. The number of hydrazone groups is 1. The standard InChI is InChI=1S/C6H11N3O/c1-5(2)3-4-8-9-6(7)10/h3-4H,1-2H3,(H3,7,9,10)/b8-4+. The number of hydrogen-bond acceptors (Lipinski definition) is 2. The van der Waals surface area contributed by atoms with E-state index >= 15 is 0 Å². The van der Waals surface area contributed by atoms with E-state index in [0.29, 0.717) is 0 Å². The molecule has 0 bridgehead atoms. The summed E-state index contributed by atoms with van der Waals surface area (Å²) in [6.07, 6.45) is 3.23. The van der Waals surface area contributed by atoms with Crippen molar-refractivity contribution >= 4 is 12.2 Å². The van der Waals surface area contributed by atoms with Crippen molar-refractivity contribution < 1.29 is 4.79 Å². The minimum absolute atomic E-state index is 0.654. The van der Waals surface area contributed by atoms with Crippen LogP contribution in [0.1, 0.15) is 13.8 Å². The third-order valence-electron chi connectivity index (χ3n) is 0.657. The molecule has 2 amide bonds. The molecule has 0 aromatic heterocycles. The van der Waals surface area contributed by atoms with Crippen LogP contribution in [0, 0.1) is 0 Å². The molecule has 0 aromatic rings. The average molecular weight is 141 g/mol. The van der Waals surface area contributed by atoms with E-state index in [1.54, 1.807) is 6.08 Å². The van der Waals surface area contributed by atoms with Crippen LogP contribution in [0.4, 0.5) is 4.79 Å². The van der Waals surface area contributed by atoms with Gasteiger partial charge in [-0.15, -0.1) is 0 Å². The van der Waals surface area contributed by atoms with Crippen molar-refractivity contribution in [2.45, 2.75) is 13.8 Å². The summed E-state index contributed by atoms with van der Waals surface area (Å²) in [5, 5.41) is 3.49. The van der Waals surface area contributed by atoms with Crippen LogP contribution in [-0.4, -0.2) is 12.2 Å². The summed E-state index contributed by atoms with van der Waals surface area (Å²) in [6.45, 7) is 3.85. The van der Waals surface area contributed by atoms with Crippen LogP contribution in [0.15, 0.2) is 16.8 Å². The minimum Gasteiger partial charge on any atom is -0.350 e. The SMILES string of the molecule is CC(C)=C/C=N/NC(N)=O. The fourth-order valence-corrected chi connectivity index (χ4v) is 0.287. The number of primary amides is 1. The zero-order valence-electron chi connectivity index (χ0n) is 6.09. The van der Waals surface area contributed by atoms with Crippen molar-refractivity contribution in [2.75, 3.05) is 0 Å². The quantitative estimate of drug-likeness (QED) is 0.429. The van der Waals surface area contributed by atoms with Crippen molar-refractivity contribution in [3.8, 4) is 0 Å². The van der Waals surface area contributed by atoms with E-state index in [0.717, 1.165) is 5.57 Å². The van der Waals surface area contributed by atoms with Crippen LogP contribution in [0.2, 0.25) is 0 Å². The monoisotopic (exact) mass is 141 g/mol. The summed E-state index contributed by atoms with van der Waals surface area (Å²) in [5.74, 6) is 0. The van der Waals surface area contributed by atoms with Crippen molar-refractivity contribution in [3.05, 3.63) is 11.6 Å². The molecule has 4 heteroatoms. The summed E-state index contributed by atoms with van der Waals surface area (Å²) in [5.41, 5.74) is 7.90. The van der Waals surface area contributed by atoms with Gasteiger partial charge in [-0.3, -0.25) is 0 Å². The molecule has 56 valence electrons. The fraction of sp³-hybridized carbons (Fsp3) is 0.333. The highest BCUT2D eigenvalue weighted by Crippen LogP contribution is 1.82. The van der Waals surface area contributed by atoms with Crippen LogP contribution >= 0.6 is 0 Å². The lowest BCUT2D eigenvalue weighted by Gasteiger charge is -1.87. The second kappa shape index (κ2) is 4.55.